The van der Waals surface area contributed by atoms with Crippen LogP contribution < -0.4 is 10.1 Å². The first-order valence-electron chi connectivity index (χ1n) is 12.0. The Hall–Kier alpha value is -2.11. The Balaban J connectivity index is 1.27. The van der Waals surface area contributed by atoms with Gasteiger partial charge in [0, 0.05) is 36.8 Å². The van der Waals surface area contributed by atoms with Gasteiger partial charge in [-0.05, 0) is 62.2 Å². The van der Waals surface area contributed by atoms with Crippen molar-refractivity contribution < 1.29 is 14.8 Å². The van der Waals surface area contributed by atoms with Crippen LogP contribution >= 0.6 is 0 Å². The van der Waals surface area contributed by atoms with Gasteiger partial charge in [0.25, 0.3) is 5.91 Å². The van der Waals surface area contributed by atoms with E-state index >= 15 is 0 Å². The van der Waals surface area contributed by atoms with E-state index in [-0.39, 0.29) is 5.91 Å². The van der Waals surface area contributed by atoms with E-state index in [4.69, 9.17) is 4.74 Å². The van der Waals surface area contributed by atoms with E-state index < -0.39 is 0 Å². The zero-order valence-electron chi connectivity index (χ0n) is 19.2. The predicted molar refractivity (Wildman–Crippen MR) is 124 cm³/mol. The van der Waals surface area contributed by atoms with Gasteiger partial charge in [-0.25, -0.2) is 0 Å². The van der Waals surface area contributed by atoms with Gasteiger partial charge in [-0.2, -0.15) is 0 Å². The average Bonchev–Trinajstić information content (AvgIpc) is 2.81. The highest BCUT2D eigenvalue weighted by atomic mass is 16.5. The molecule has 1 aromatic carbocycles. The Kier molecular flexibility index (Phi) is 7.13. The van der Waals surface area contributed by atoms with Crippen LogP contribution in [0.15, 0.2) is 48.2 Å². The smallest absolute Gasteiger partial charge is 0.253 e. The first-order valence-corrected chi connectivity index (χ1v) is 12.0. The number of likely N-dealkylation sites (tertiary alicyclic amines) is 2. The maximum Gasteiger partial charge on any atom is 0.253 e. The first-order chi connectivity index (χ1) is 15.0. The van der Waals surface area contributed by atoms with Crippen molar-refractivity contribution in [2.45, 2.75) is 46.1 Å². The number of carbonyl (C=O) groups excluding carboxylic acids is 1. The molecule has 0 aromatic heterocycles. The predicted octanol–water partition coefficient (Wildman–Crippen LogP) is 2.94. The van der Waals surface area contributed by atoms with E-state index in [9.17, 15) is 4.79 Å². The molecule has 2 saturated heterocycles. The van der Waals surface area contributed by atoms with Gasteiger partial charge in [-0.15, -0.1) is 0 Å². The lowest BCUT2D eigenvalue weighted by Crippen LogP contribution is -2.78. The summed E-state index contributed by atoms with van der Waals surface area (Å²) in [6.07, 6.45) is 10.8. The number of amides is 1. The molecule has 0 unspecified atom stereocenters. The third-order valence-electron chi connectivity index (χ3n) is 7.10. The zero-order chi connectivity index (χ0) is 21.7. The highest BCUT2D eigenvalue weighted by Gasteiger charge is 2.38. The molecule has 1 spiro atoms. The lowest BCUT2D eigenvalue weighted by atomic mass is 9.71. The SMILES string of the molecule is CC(C)COc1ccccc1CN1CCC2(CC1)CCN(C(=O)C1=CC[NH2+]C=C1)CC2. The van der Waals surface area contributed by atoms with Crippen molar-refractivity contribution in [2.24, 2.45) is 11.3 Å². The van der Waals surface area contributed by atoms with Crippen molar-refractivity contribution in [3.8, 4) is 5.75 Å². The van der Waals surface area contributed by atoms with Crippen molar-refractivity contribution in [3.05, 3.63) is 53.8 Å². The summed E-state index contributed by atoms with van der Waals surface area (Å²) in [5.74, 6) is 1.78. The molecular formula is C26H38N3O2+. The fourth-order valence-corrected chi connectivity index (χ4v) is 5.00. The molecule has 0 saturated carbocycles. The molecule has 1 aromatic rings. The van der Waals surface area contributed by atoms with Crippen LogP contribution in [0.1, 0.15) is 45.1 Å². The molecule has 31 heavy (non-hydrogen) atoms. The van der Waals surface area contributed by atoms with Crippen LogP contribution in [0.2, 0.25) is 0 Å². The summed E-state index contributed by atoms with van der Waals surface area (Å²) in [6.45, 7) is 11.1. The minimum Gasteiger partial charge on any atom is -0.493 e. The highest BCUT2D eigenvalue weighted by molar-refractivity contribution is 5.96. The highest BCUT2D eigenvalue weighted by Crippen LogP contribution is 2.42. The molecule has 0 bridgehead atoms. The number of hydrogen-bond donors (Lipinski definition) is 1. The molecule has 1 amide bonds. The van der Waals surface area contributed by atoms with Crippen LogP contribution in [0.4, 0.5) is 0 Å². The monoisotopic (exact) mass is 424 g/mol. The van der Waals surface area contributed by atoms with Gasteiger partial charge < -0.3 is 15.0 Å². The molecule has 2 N–H and O–H groups in total. The van der Waals surface area contributed by atoms with Crippen molar-refractivity contribution in [3.63, 3.8) is 0 Å². The Morgan fingerprint density at radius 1 is 1.10 bits per heavy atom. The fourth-order valence-electron chi connectivity index (χ4n) is 5.00. The maximum absolute atomic E-state index is 12.8. The minimum atomic E-state index is 0.217. The van der Waals surface area contributed by atoms with Crippen LogP contribution in [0.3, 0.4) is 0 Å². The first kappa shape index (κ1) is 22.1. The molecular weight excluding hydrogens is 386 g/mol. The van der Waals surface area contributed by atoms with Gasteiger partial charge >= 0.3 is 0 Å². The number of rotatable bonds is 6. The van der Waals surface area contributed by atoms with Gasteiger partial charge in [0.2, 0.25) is 0 Å². The quantitative estimate of drug-likeness (QED) is 0.764. The summed E-state index contributed by atoms with van der Waals surface area (Å²) in [5.41, 5.74) is 2.59. The second-order valence-corrected chi connectivity index (χ2v) is 9.87. The maximum atomic E-state index is 12.8. The third kappa shape index (κ3) is 5.58. The standard InChI is InChI=1S/C26H37N3O2/c1-21(2)20-31-24-6-4-3-5-23(24)19-28-15-9-26(10-16-28)11-17-29(18-12-26)25(30)22-7-13-27-14-8-22/h3-8,13,21,27H,9-12,14-20H2,1-2H3/p+1. The molecule has 0 atom stereocenters. The summed E-state index contributed by atoms with van der Waals surface area (Å²) in [4.78, 5) is 17.4. The van der Waals surface area contributed by atoms with E-state index in [0.29, 0.717) is 11.3 Å². The average molecular weight is 425 g/mol. The number of nitrogens with zero attached hydrogens (tertiary/aromatic N) is 2. The molecule has 3 heterocycles. The molecule has 168 valence electrons. The molecule has 5 nitrogen and oxygen atoms in total. The third-order valence-corrected chi connectivity index (χ3v) is 7.10. The Morgan fingerprint density at radius 3 is 2.48 bits per heavy atom. The van der Waals surface area contributed by atoms with Crippen LogP contribution in [-0.2, 0) is 11.3 Å². The van der Waals surface area contributed by atoms with Gasteiger partial charge in [-0.1, -0.05) is 32.0 Å². The lowest BCUT2D eigenvalue weighted by molar-refractivity contribution is -0.578. The number of nitrogens with two attached hydrogens (primary N) is 1. The van der Waals surface area contributed by atoms with Gasteiger partial charge in [0.05, 0.1) is 19.4 Å². The van der Waals surface area contributed by atoms with E-state index in [0.717, 1.165) is 70.0 Å². The van der Waals surface area contributed by atoms with Gasteiger partial charge in [0.15, 0.2) is 0 Å². The number of carbonyl (C=O) groups is 1. The van der Waals surface area contributed by atoms with Gasteiger partial charge in [-0.3, -0.25) is 9.69 Å². The lowest BCUT2D eigenvalue weighted by Gasteiger charge is -2.47. The second-order valence-electron chi connectivity index (χ2n) is 9.87. The molecule has 3 aliphatic rings. The van der Waals surface area contributed by atoms with Crippen molar-refractivity contribution in [1.82, 2.24) is 9.80 Å². The summed E-state index contributed by atoms with van der Waals surface area (Å²) >= 11 is 0. The van der Waals surface area contributed by atoms with Crippen molar-refractivity contribution >= 4 is 5.91 Å². The fraction of sp³-hybridized carbons (Fsp3) is 0.577. The minimum absolute atomic E-state index is 0.217. The van der Waals surface area contributed by atoms with Gasteiger partial charge in [0.1, 0.15) is 5.75 Å². The number of piperidine rings is 2. The topological polar surface area (TPSA) is 49.4 Å². The Bertz CT molecular complexity index is 812. The van der Waals surface area contributed by atoms with Crippen molar-refractivity contribution in [2.75, 3.05) is 39.3 Å². The number of benzene rings is 1. The van der Waals surface area contributed by atoms with E-state index in [1.807, 2.05) is 18.4 Å². The number of quaternary nitrogens is 1. The number of hydrogen-bond acceptors (Lipinski definition) is 3. The van der Waals surface area contributed by atoms with E-state index in [1.165, 1.54) is 18.4 Å². The summed E-state index contributed by atoms with van der Waals surface area (Å²) < 4.78 is 6.06. The zero-order valence-corrected chi connectivity index (χ0v) is 19.2. The van der Waals surface area contributed by atoms with Crippen LogP contribution in [0.5, 0.6) is 5.75 Å². The Morgan fingerprint density at radius 2 is 1.81 bits per heavy atom. The van der Waals surface area contributed by atoms with Crippen LogP contribution in [0, 0.1) is 11.3 Å². The van der Waals surface area contributed by atoms with Crippen molar-refractivity contribution in [1.29, 1.82) is 0 Å². The van der Waals surface area contributed by atoms with E-state index in [1.54, 1.807) is 0 Å². The number of para-hydroxylation sites is 1. The Labute approximate surface area is 187 Å². The molecule has 0 radical (unpaired) electrons. The second kappa shape index (κ2) is 10.0. The van der Waals surface area contributed by atoms with E-state index in [2.05, 4.69) is 53.2 Å². The van der Waals surface area contributed by atoms with Crippen LogP contribution in [0.25, 0.3) is 0 Å². The molecule has 3 aliphatic heterocycles. The largest absolute Gasteiger partial charge is 0.493 e. The molecule has 4 rings (SSSR count). The van der Waals surface area contributed by atoms with Crippen LogP contribution in [-0.4, -0.2) is 55.0 Å². The normalized spacial score (nSPS) is 21.4. The number of ether oxygens (including phenoxy) is 1. The molecule has 2 fully saturated rings. The molecule has 5 heteroatoms. The summed E-state index contributed by atoms with van der Waals surface area (Å²) in [7, 11) is 0. The molecule has 0 aliphatic carbocycles. The summed E-state index contributed by atoms with van der Waals surface area (Å²) in [6, 6.07) is 8.49. The summed E-state index contributed by atoms with van der Waals surface area (Å²) in [5, 5.41) is 2.09.